The largest absolute Gasteiger partial charge is 0.468 e. The average Bonchev–Trinajstić information content (AvgIpc) is 2.67. The molecule has 27 heavy (non-hydrogen) atoms. The molecule has 2 aromatic rings. The number of anilines is 1. The molecule has 1 aromatic heterocycles. The number of halogens is 3. The first-order chi connectivity index (χ1) is 12.9. The van der Waals surface area contributed by atoms with E-state index in [4.69, 9.17) is 0 Å². The highest BCUT2D eigenvalue weighted by Gasteiger charge is 2.28. The third-order valence-corrected chi connectivity index (χ3v) is 6.64. The number of pyridine rings is 1. The molecule has 1 saturated heterocycles. The zero-order chi connectivity index (χ0) is 19.3. The van der Waals surface area contributed by atoms with Crippen molar-refractivity contribution in [2.45, 2.75) is 17.2 Å². The lowest BCUT2D eigenvalue weighted by atomic mass is 10.2. The Bertz CT molecular complexity index is 779. The summed E-state index contributed by atoms with van der Waals surface area (Å²) in [6.45, 7) is -1.42. The number of benzene rings is 1. The van der Waals surface area contributed by atoms with Gasteiger partial charge in [0.2, 0.25) is 5.88 Å². The maximum absolute atomic E-state index is 12.3. The van der Waals surface area contributed by atoms with Crippen LogP contribution in [0.2, 0.25) is 0 Å². The minimum absolute atomic E-state index is 0.183. The number of nitrogens with zero attached hydrogens (tertiary/aromatic N) is 1. The Labute approximate surface area is 163 Å². The molecule has 0 spiro atoms. The van der Waals surface area contributed by atoms with Crippen LogP contribution in [-0.4, -0.2) is 35.2 Å². The van der Waals surface area contributed by atoms with Gasteiger partial charge in [-0.2, -0.15) is 13.2 Å². The van der Waals surface area contributed by atoms with E-state index in [1.807, 2.05) is 41.7 Å². The van der Waals surface area contributed by atoms with Crippen molar-refractivity contribution in [3.05, 3.63) is 53.7 Å². The van der Waals surface area contributed by atoms with Gasteiger partial charge in [-0.05, 0) is 41.7 Å². The first-order valence-corrected chi connectivity index (χ1v) is 10.3. The highest BCUT2D eigenvalue weighted by molar-refractivity contribution is 8.16. The van der Waals surface area contributed by atoms with Crippen molar-refractivity contribution in [3.8, 4) is 5.88 Å². The summed E-state index contributed by atoms with van der Waals surface area (Å²) in [5.41, 5.74) is 2.05. The zero-order valence-corrected chi connectivity index (χ0v) is 15.8. The van der Waals surface area contributed by atoms with Crippen LogP contribution in [0.5, 0.6) is 5.88 Å². The maximum Gasteiger partial charge on any atom is 0.422 e. The number of carbonyl (C=O) groups is 1. The predicted octanol–water partition coefficient (Wildman–Crippen LogP) is 5.14. The molecular formula is C18H17F3N2O2S2. The summed E-state index contributed by atoms with van der Waals surface area (Å²) in [5, 5.41) is 2.80. The lowest BCUT2D eigenvalue weighted by molar-refractivity contribution is -0.154. The van der Waals surface area contributed by atoms with Gasteiger partial charge in [0, 0.05) is 18.0 Å². The monoisotopic (exact) mass is 414 g/mol. The Morgan fingerprint density at radius 1 is 1.22 bits per heavy atom. The number of amides is 1. The van der Waals surface area contributed by atoms with Gasteiger partial charge in [0.25, 0.3) is 5.91 Å². The Hall–Kier alpha value is -1.87. The summed E-state index contributed by atoms with van der Waals surface area (Å²) in [6.07, 6.45) is -2.03. The molecule has 0 bridgehead atoms. The number of hydrogen-bond acceptors (Lipinski definition) is 5. The van der Waals surface area contributed by atoms with Crippen LogP contribution >= 0.6 is 23.5 Å². The van der Waals surface area contributed by atoms with E-state index in [0.29, 0.717) is 10.3 Å². The standard InChI is InChI=1S/C18H17F3N2O2S2/c19-18(20,21)11-25-15-6-5-13(10-22-15)16(24)23-14-4-1-3-12(9-14)17-26-7-2-8-27-17/h1,3-6,9-10,17H,2,7-8,11H2,(H,23,24). The Morgan fingerprint density at radius 2 is 2.00 bits per heavy atom. The number of aromatic nitrogens is 1. The minimum Gasteiger partial charge on any atom is -0.468 e. The van der Waals surface area contributed by atoms with Gasteiger partial charge in [0.15, 0.2) is 6.61 Å². The molecule has 0 radical (unpaired) electrons. The van der Waals surface area contributed by atoms with Crippen LogP contribution in [0.3, 0.4) is 0 Å². The SMILES string of the molecule is O=C(Nc1cccc(C2SCCCS2)c1)c1ccc(OCC(F)(F)F)nc1. The van der Waals surface area contributed by atoms with Crippen molar-refractivity contribution in [2.75, 3.05) is 23.4 Å². The minimum atomic E-state index is -4.43. The van der Waals surface area contributed by atoms with Gasteiger partial charge in [0.05, 0.1) is 10.1 Å². The van der Waals surface area contributed by atoms with E-state index in [2.05, 4.69) is 15.0 Å². The zero-order valence-electron chi connectivity index (χ0n) is 14.2. The van der Waals surface area contributed by atoms with Crippen molar-refractivity contribution in [1.29, 1.82) is 0 Å². The number of nitrogens with one attached hydrogen (secondary N) is 1. The quantitative estimate of drug-likeness (QED) is 0.734. The third kappa shape index (κ3) is 6.07. The van der Waals surface area contributed by atoms with Crippen molar-refractivity contribution >= 4 is 35.1 Å². The molecule has 9 heteroatoms. The molecule has 1 aliphatic rings. The van der Waals surface area contributed by atoms with Crippen LogP contribution in [0.15, 0.2) is 42.6 Å². The van der Waals surface area contributed by atoms with Crippen LogP contribution in [0.4, 0.5) is 18.9 Å². The fourth-order valence-corrected chi connectivity index (χ4v) is 5.28. The number of hydrogen-bond donors (Lipinski definition) is 1. The molecule has 0 aliphatic carbocycles. The Kier molecular flexibility index (Phi) is 6.54. The normalized spacial score (nSPS) is 15.4. The van der Waals surface area contributed by atoms with Gasteiger partial charge >= 0.3 is 6.18 Å². The first-order valence-electron chi connectivity index (χ1n) is 8.21. The Morgan fingerprint density at radius 3 is 2.67 bits per heavy atom. The number of rotatable bonds is 5. The summed E-state index contributed by atoms with van der Waals surface area (Å²) < 4.78 is 41.3. The number of carbonyl (C=O) groups excluding carboxylic acids is 1. The lowest BCUT2D eigenvalue weighted by Crippen LogP contribution is -2.19. The van der Waals surface area contributed by atoms with Crippen LogP contribution in [0, 0.1) is 0 Å². The second kappa shape index (κ2) is 8.88. The van der Waals surface area contributed by atoms with E-state index in [1.54, 1.807) is 6.07 Å². The van der Waals surface area contributed by atoms with Crippen molar-refractivity contribution in [2.24, 2.45) is 0 Å². The van der Waals surface area contributed by atoms with Crippen molar-refractivity contribution in [3.63, 3.8) is 0 Å². The van der Waals surface area contributed by atoms with Gasteiger partial charge in [-0.1, -0.05) is 12.1 Å². The Balaban J connectivity index is 1.61. The summed E-state index contributed by atoms with van der Waals surface area (Å²) in [7, 11) is 0. The lowest BCUT2D eigenvalue weighted by Gasteiger charge is -2.21. The molecule has 0 saturated carbocycles. The highest BCUT2D eigenvalue weighted by atomic mass is 32.2. The molecular weight excluding hydrogens is 397 g/mol. The fourth-order valence-electron chi connectivity index (χ4n) is 2.40. The highest BCUT2D eigenvalue weighted by Crippen LogP contribution is 2.44. The van der Waals surface area contributed by atoms with E-state index in [9.17, 15) is 18.0 Å². The van der Waals surface area contributed by atoms with Gasteiger partial charge < -0.3 is 10.1 Å². The van der Waals surface area contributed by atoms with Crippen LogP contribution in [-0.2, 0) is 0 Å². The summed E-state index contributed by atoms with van der Waals surface area (Å²) in [4.78, 5) is 16.1. The topological polar surface area (TPSA) is 51.2 Å². The summed E-state index contributed by atoms with van der Waals surface area (Å²) >= 11 is 3.79. The van der Waals surface area contributed by atoms with E-state index in [0.717, 1.165) is 17.1 Å². The molecule has 1 fully saturated rings. The smallest absolute Gasteiger partial charge is 0.422 e. The van der Waals surface area contributed by atoms with Crippen molar-refractivity contribution < 1.29 is 22.7 Å². The maximum atomic E-state index is 12.3. The van der Waals surface area contributed by atoms with Crippen molar-refractivity contribution in [1.82, 2.24) is 4.98 Å². The molecule has 1 amide bonds. The summed E-state index contributed by atoms with van der Waals surface area (Å²) in [5.74, 6) is 1.69. The fraction of sp³-hybridized carbons (Fsp3) is 0.333. The second-order valence-electron chi connectivity index (χ2n) is 5.80. The summed E-state index contributed by atoms with van der Waals surface area (Å²) in [6, 6.07) is 10.3. The molecule has 1 aliphatic heterocycles. The molecule has 144 valence electrons. The molecule has 1 aromatic carbocycles. The van der Waals surface area contributed by atoms with E-state index < -0.39 is 12.8 Å². The second-order valence-corrected chi connectivity index (χ2v) is 8.52. The molecule has 4 nitrogen and oxygen atoms in total. The van der Waals surface area contributed by atoms with Gasteiger partial charge in [-0.15, -0.1) is 23.5 Å². The molecule has 3 rings (SSSR count). The van der Waals surface area contributed by atoms with Gasteiger partial charge in [0.1, 0.15) is 0 Å². The van der Waals surface area contributed by atoms with Gasteiger partial charge in [-0.3, -0.25) is 4.79 Å². The number of ether oxygens (including phenoxy) is 1. The van der Waals surface area contributed by atoms with Crippen LogP contribution in [0.25, 0.3) is 0 Å². The van der Waals surface area contributed by atoms with E-state index in [-0.39, 0.29) is 17.4 Å². The molecule has 0 atom stereocenters. The van der Waals surface area contributed by atoms with Crippen LogP contribution in [0.1, 0.15) is 26.9 Å². The third-order valence-electron chi connectivity index (χ3n) is 3.63. The average molecular weight is 414 g/mol. The van der Waals surface area contributed by atoms with Crippen LogP contribution < -0.4 is 10.1 Å². The number of thioether (sulfide) groups is 2. The van der Waals surface area contributed by atoms with E-state index in [1.165, 1.54) is 24.8 Å². The molecule has 2 heterocycles. The molecule has 0 unspecified atom stereocenters. The first kappa shape index (κ1) is 19.9. The van der Waals surface area contributed by atoms with E-state index >= 15 is 0 Å². The van der Waals surface area contributed by atoms with Gasteiger partial charge in [-0.25, -0.2) is 4.98 Å². The predicted molar refractivity (Wildman–Crippen MR) is 102 cm³/mol. The molecule has 1 N–H and O–H groups in total. The number of alkyl halides is 3.